The van der Waals surface area contributed by atoms with Gasteiger partial charge in [-0.3, -0.25) is 4.79 Å². The van der Waals surface area contributed by atoms with Crippen LogP contribution in [0.4, 0.5) is 17.6 Å². The SMILES string of the molecule is O=C(c1ccc(-c2cc(C(F)(F)F)nn2-c2ccccc2Cl)cc1)N1CCCC1c1ccc(F)cc1. The van der Waals surface area contributed by atoms with Crippen LogP contribution < -0.4 is 0 Å². The number of carbonyl (C=O) groups is 1. The van der Waals surface area contributed by atoms with Gasteiger partial charge in [0.15, 0.2) is 5.69 Å². The van der Waals surface area contributed by atoms with E-state index in [1.807, 2.05) is 0 Å². The Bertz CT molecular complexity index is 1400. The third kappa shape index (κ3) is 4.60. The van der Waals surface area contributed by atoms with Gasteiger partial charge in [0.2, 0.25) is 0 Å². The Morgan fingerprint density at radius 1 is 0.972 bits per heavy atom. The molecule has 1 aliphatic rings. The fourth-order valence-corrected chi connectivity index (χ4v) is 4.74. The molecule has 4 nitrogen and oxygen atoms in total. The summed E-state index contributed by atoms with van der Waals surface area (Å²) in [5, 5.41) is 4.02. The summed E-state index contributed by atoms with van der Waals surface area (Å²) in [6, 6.07) is 19.8. The Hall–Kier alpha value is -3.65. The van der Waals surface area contributed by atoms with E-state index in [4.69, 9.17) is 11.6 Å². The highest BCUT2D eigenvalue weighted by molar-refractivity contribution is 6.32. The molecular formula is C27H20ClF4N3O. The van der Waals surface area contributed by atoms with Crippen molar-refractivity contribution < 1.29 is 22.4 Å². The number of nitrogens with zero attached hydrogens (tertiary/aromatic N) is 3. The summed E-state index contributed by atoms with van der Waals surface area (Å²) < 4.78 is 54.9. The molecular weight excluding hydrogens is 494 g/mol. The lowest BCUT2D eigenvalue weighted by Crippen LogP contribution is -2.30. The molecule has 1 unspecified atom stereocenters. The fraction of sp³-hybridized carbons (Fsp3) is 0.185. The summed E-state index contributed by atoms with van der Waals surface area (Å²) in [6.07, 6.45) is -3.04. The second-order valence-electron chi connectivity index (χ2n) is 8.56. The lowest BCUT2D eigenvalue weighted by atomic mass is 10.0. The van der Waals surface area contributed by atoms with Crippen molar-refractivity contribution in [2.75, 3.05) is 6.54 Å². The first-order valence-electron chi connectivity index (χ1n) is 11.3. The summed E-state index contributed by atoms with van der Waals surface area (Å²) in [4.78, 5) is 15.0. The molecule has 0 N–H and O–H groups in total. The number of hydrogen-bond donors (Lipinski definition) is 0. The molecule has 2 heterocycles. The molecule has 4 aromatic rings. The monoisotopic (exact) mass is 513 g/mol. The Morgan fingerprint density at radius 2 is 1.67 bits per heavy atom. The van der Waals surface area contributed by atoms with E-state index < -0.39 is 11.9 Å². The first-order chi connectivity index (χ1) is 17.2. The average molecular weight is 514 g/mol. The number of alkyl halides is 3. The Labute approximate surface area is 209 Å². The lowest BCUT2D eigenvalue weighted by Gasteiger charge is -2.25. The van der Waals surface area contributed by atoms with Gasteiger partial charge in [-0.15, -0.1) is 0 Å². The van der Waals surface area contributed by atoms with Gasteiger partial charge in [0.25, 0.3) is 5.91 Å². The molecule has 1 fully saturated rings. The number of hydrogen-bond acceptors (Lipinski definition) is 2. The molecule has 3 aromatic carbocycles. The molecule has 0 aliphatic carbocycles. The molecule has 0 bridgehead atoms. The molecule has 0 radical (unpaired) electrons. The minimum absolute atomic E-state index is 0.159. The highest BCUT2D eigenvalue weighted by atomic mass is 35.5. The van der Waals surface area contributed by atoms with E-state index >= 15 is 0 Å². The maximum absolute atomic E-state index is 13.5. The predicted octanol–water partition coefficient (Wildman–Crippen LogP) is 7.33. The van der Waals surface area contributed by atoms with Gasteiger partial charge in [-0.05, 0) is 60.9 Å². The Kier molecular flexibility index (Phi) is 6.30. The third-order valence-corrected chi connectivity index (χ3v) is 6.60. The second-order valence-corrected chi connectivity index (χ2v) is 8.97. The zero-order chi connectivity index (χ0) is 25.4. The van der Waals surface area contributed by atoms with Gasteiger partial charge in [0.05, 0.1) is 22.4 Å². The van der Waals surface area contributed by atoms with Gasteiger partial charge in [-0.1, -0.05) is 48.0 Å². The summed E-state index contributed by atoms with van der Waals surface area (Å²) in [5.74, 6) is -0.529. The Balaban J connectivity index is 1.46. The largest absolute Gasteiger partial charge is 0.435 e. The Morgan fingerprint density at radius 3 is 2.33 bits per heavy atom. The average Bonchev–Trinajstić information content (AvgIpc) is 3.53. The van der Waals surface area contributed by atoms with Crippen LogP contribution in [0.15, 0.2) is 78.9 Å². The van der Waals surface area contributed by atoms with Crippen molar-refractivity contribution in [3.63, 3.8) is 0 Å². The molecule has 1 saturated heterocycles. The van der Waals surface area contributed by atoms with Crippen LogP contribution in [-0.4, -0.2) is 27.1 Å². The highest BCUT2D eigenvalue weighted by Gasteiger charge is 2.36. The molecule has 1 amide bonds. The molecule has 1 atom stereocenters. The topological polar surface area (TPSA) is 38.1 Å². The minimum Gasteiger partial charge on any atom is -0.332 e. The quantitative estimate of drug-likeness (QED) is 0.268. The van der Waals surface area contributed by atoms with Crippen molar-refractivity contribution in [2.45, 2.75) is 25.1 Å². The summed E-state index contributed by atoms with van der Waals surface area (Å²) in [7, 11) is 0. The first-order valence-corrected chi connectivity index (χ1v) is 11.7. The zero-order valence-corrected chi connectivity index (χ0v) is 19.6. The van der Waals surface area contributed by atoms with Crippen LogP contribution >= 0.6 is 11.6 Å². The first kappa shape index (κ1) is 24.1. The molecule has 5 rings (SSSR count). The smallest absolute Gasteiger partial charge is 0.332 e. The third-order valence-electron chi connectivity index (χ3n) is 6.28. The number of halogens is 5. The summed E-state index contributed by atoms with van der Waals surface area (Å²) in [6.45, 7) is 0.566. The van der Waals surface area contributed by atoms with Crippen molar-refractivity contribution in [1.29, 1.82) is 0 Å². The van der Waals surface area contributed by atoms with Gasteiger partial charge in [0, 0.05) is 17.7 Å². The van der Waals surface area contributed by atoms with Crippen molar-refractivity contribution in [3.05, 3.63) is 107 Å². The van der Waals surface area contributed by atoms with Crippen LogP contribution in [0, 0.1) is 5.82 Å². The number of amides is 1. The van der Waals surface area contributed by atoms with Crippen LogP contribution in [0.2, 0.25) is 5.02 Å². The molecule has 1 aliphatic heterocycles. The second kappa shape index (κ2) is 9.43. The number of carbonyl (C=O) groups excluding carboxylic acids is 1. The maximum Gasteiger partial charge on any atom is 0.435 e. The standard InChI is InChI=1S/C27H20ClF4N3O/c28-21-4-1-2-5-23(21)35-24(16-25(33-35)27(30,31)32)18-7-9-19(10-8-18)26(36)34-15-3-6-22(34)17-11-13-20(29)14-12-17/h1-2,4-5,7-14,16,22H,3,6,15H2. The van der Waals surface area contributed by atoms with Crippen LogP contribution in [-0.2, 0) is 6.18 Å². The van der Waals surface area contributed by atoms with Crippen molar-refractivity contribution in [3.8, 4) is 16.9 Å². The number of likely N-dealkylation sites (tertiary alicyclic amines) is 1. The zero-order valence-electron chi connectivity index (χ0n) is 18.8. The maximum atomic E-state index is 13.5. The molecule has 9 heteroatoms. The van der Waals surface area contributed by atoms with E-state index in [0.29, 0.717) is 23.4 Å². The van der Waals surface area contributed by atoms with Crippen LogP contribution in [0.3, 0.4) is 0 Å². The van der Waals surface area contributed by atoms with E-state index in [1.54, 1.807) is 65.6 Å². The number of rotatable bonds is 4. The number of benzene rings is 3. The summed E-state index contributed by atoms with van der Waals surface area (Å²) >= 11 is 6.24. The summed E-state index contributed by atoms with van der Waals surface area (Å²) in [5.41, 5.74) is 1.18. The fourth-order valence-electron chi connectivity index (χ4n) is 4.52. The predicted molar refractivity (Wildman–Crippen MR) is 128 cm³/mol. The van der Waals surface area contributed by atoms with Crippen LogP contribution in [0.1, 0.15) is 40.5 Å². The lowest BCUT2D eigenvalue weighted by molar-refractivity contribution is -0.141. The minimum atomic E-state index is -4.64. The van der Waals surface area contributed by atoms with Crippen molar-refractivity contribution >= 4 is 17.5 Å². The van der Waals surface area contributed by atoms with Gasteiger partial charge in [-0.2, -0.15) is 18.3 Å². The van der Waals surface area contributed by atoms with Crippen molar-refractivity contribution in [2.24, 2.45) is 0 Å². The van der Waals surface area contributed by atoms with Gasteiger partial charge in [0.1, 0.15) is 5.82 Å². The molecule has 1 aromatic heterocycles. The number of para-hydroxylation sites is 1. The molecule has 0 spiro atoms. The van der Waals surface area contributed by atoms with Crippen LogP contribution in [0.25, 0.3) is 16.9 Å². The normalized spacial score (nSPS) is 15.9. The van der Waals surface area contributed by atoms with E-state index in [0.717, 1.165) is 29.2 Å². The molecule has 0 saturated carbocycles. The van der Waals surface area contributed by atoms with E-state index in [1.165, 1.54) is 12.1 Å². The number of aromatic nitrogens is 2. The van der Waals surface area contributed by atoms with Gasteiger partial charge in [-0.25, -0.2) is 9.07 Å². The van der Waals surface area contributed by atoms with E-state index in [-0.39, 0.29) is 28.5 Å². The van der Waals surface area contributed by atoms with E-state index in [9.17, 15) is 22.4 Å². The van der Waals surface area contributed by atoms with Crippen molar-refractivity contribution in [1.82, 2.24) is 14.7 Å². The van der Waals surface area contributed by atoms with E-state index in [2.05, 4.69) is 5.10 Å². The van der Waals surface area contributed by atoms with Gasteiger partial charge < -0.3 is 4.90 Å². The molecule has 36 heavy (non-hydrogen) atoms. The van der Waals surface area contributed by atoms with Gasteiger partial charge >= 0.3 is 6.18 Å². The van der Waals surface area contributed by atoms with Crippen LogP contribution in [0.5, 0.6) is 0 Å². The molecule has 184 valence electrons. The highest BCUT2D eigenvalue weighted by Crippen LogP contribution is 2.36.